The normalized spacial score (nSPS) is 12.6. The maximum Gasteiger partial charge on any atom is 0.340 e. The Morgan fingerprint density at radius 3 is 2.07 bits per heavy atom. The standard InChI is InChI=1S/C9H16N4O2.C8H14N4O2/c1-3-6(2)8(14)10-5-4-7-11-9(15)13-12-7;1-4(2)7(13)9-5(3)6-10-8(14)12-11-6/h6H,3-5H2,1-2H3,(H,10,14)(H2,11,12,13,15);4-5H,1-3H3,(H,9,13)(H2,10,11,12,14). The molecule has 6 N–H and O–H groups in total. The highest BCUT2D eigenvalue weighted by molar-refractivity contribution is 5.78. The maximum absolute atomic E-state index is 11.4. The molecule has 0 saturated carbocycles. The van der Waals surface area contributed by atoms with E-state index in [0.717, 1.165) is 6.42 Å². The lowest BCUT2D eigenvalue weighted by Gasteiger charge is -2.12. The zero-order valence-electron chi connectivity index (χ0n) is 17.4. The van der Waals surface area contributed by atoms with Gasteiger partial charge >= 0.3 is 11.4 Å². The van der Waals surface area contributed by atoms with Crippen molar-refractivity contribution < 1.29 is 9.59 Å². The van der Waals surface area contributed by atoms with E-state index in [0.29, 0.717) is 24.6 Å². The van der Waals surface area contributed by atoms with E-state index in [1.807, 2.05) is 13.8 Å². The Labute approximate surface area is 167 Å². The van der Waals surface area contributed by atoms with Gasteiger partial charge < -0.3 is 10.6 Å². The maximum atomic E-state index is 11.4. The molecule has 2 atom stereocenters. The summed E-state index contributed by atoms with van der Waals surface area (Å²) >= 11 is 0. The van der Waals surface area contributed by atoms with Crippen LogP contribution in [0.3, 0.4) is 0 Å². The minimum Gasteiger partial charge on any atom is -0.355 e. The van der Waals surface area contributed by atoms with Crippen molar-refractivity contribution in [2.45, 2.75) is 53.5 Å². The summed E-state index contributed by atoms with van der Waals surface area (Å²) in [6.07, 6.45) is 1.35. The number of nitrogens with zero attached hydrogens (tertiary/aromatic N) is 2. The Hall–Kier alpha value is -3.18. The number of aromatic nitrogens is 6. The lowest BCUT2D eigenvalue weighted by Crippen LogP contribution is -2.31. The molecule has 2 rings (SSSR count). The van der Waals surface area contributed by atoms with Crippen LogP contribution in [0.5, 0.6) is 0 Å². The van der Waals surface area contributed by atoms with Crippen molar-refractivity contribution >= 4 is 11.8 Å². The molecule has 12 heteroatoms. The number of H-pyrrole nitrogens is 4. The van der Waals surface area contributed by atoms with Gasteiger partial charge in [0.1, 0.15) is 5.82 Å². The van der Waals surface area contributed by atoms with Crippen LogP contribution in [0.15, 0.2) is 9.59 Å². The van der Waals surface area contributed by atoms with Crippen LogP contribution < -0.4 is 22.0 Å². The largest absolute Gasteiger partial charge is 0.355 e. The van der Waals surface area contributed by atoms with Crippen molar-refractivity contribution in [1.29, 1.82) is 0 Å². The average molecular weight is 410 g/mol. The fourth-order valence-electron chi connectivity index (χ4n) is 2.02. The Balaban J connectivity index is 0.000000291. The predicted octanol–water partition coefficient (Wildman–Crippen LogP) is -0.266. The molecule has 2 amide bonds. The minimum absolute atomic E-state index is 0.0308. The second-order valence-electron chi connectivity index (χ2n) is 6.92. The molecule has 0 saturated heterocycles. The molecular weight excluding hydrogens is 380 g/mol. The molecule has 0 aromatic carbocycles. The summed E-state index contributed by atoms with van der Waals surface area (Å²) in [6.45, 7) is 9.70. The number of hydrogen-bond acceptors (Lipinski definition) is 6. The van der Waals surface area contributed by atoms with E-state index in [1.54, 1.807) is 20.8 Å². The van der Waals surface area contributed by atoms with Gasteiger partial charge in [-0.15, -0.1) is 0 Å². The first-order valence-electron chi connectivity index (χ1n) is 9.50. The number of hydrogen-bond donors (Lipinski definition) is 6. The van der Waals surface area contributed by atoms with E-state index in [4.69, 9.17) is 0 Å². The molecule has 0 bridgehead atoms. The van der Waals surface area contributed by atoms with Crippen molar-refractivity contribution in [2.75, 3.05) is 6.54 Å². The molecule has 0 aliphatic heterocycles. The van der Waals surface area contributed by atoms with E-state index in [1.165, 1.54) is 0 Å². The number of amides is 2. The second kappa shape index (κ2) is 11.6. The number of carbonyl (C=O) groups is 2. The molecule has 12 nitrogen and oxygen atoms in total. The Kier molecular flexibility index (Phi) is 9.56. The predicted molar refractivity (Wildman–Crippen MR) is 106 cm³/mol. The summed E-state index contributed by atoms with van der Waals surface area (Å²) in [5, 5.41) is 17.5. The number of aromatic amines is 4. The van der Waals surface area contributed by atoms with Crippen LogP contribution in [0.1, 0.15) is 58.7 Å². The van der Waals surface area contributed by atoms with Crippen molar-refractivity contribution in [1.82, 2.24) is 41.0 Å². The summed E-state index contributed by atoms with van der Waals surface area (Å²) in [7, 11) is 0. The molecule has 162 valence electrons. The number of carbonyl (C=O) groups excluding carboxylic acids is 2. The van der Waals surface area contributed by atoms with Crippen molar-refractivity contribution in [3.8, 4) is 0 Å². The summed E-state index contributed by atoms with van der Waals surface area (Å²) in [6, 6.07) is -0.288. The monoisotopic (exact) mass is 410 g/mol. The smallest absolute Gasteiger partial charge is 0.340 e. The summed E-state index contributed by atoms with van der Waals surface area (Å²) < 4.78 is 0. The van der Waals surface area contributed by atoms with Gasteiger partial charge in [0, 0.05) is 24.8 Å². The van der Waals surface area contributed by atoms with E-state index in [9.17, 15) is 19.2 Å². The van der Waals surface area contributed by atoms with E-state index < -0.39 is 0 Å². The van der Waals surface area contributed by atoms with Crippen LogP contribution in [0.4, 0.5) is 0 Å². The van der Waals surface area contributed by atoms with Gasteiger partial charge in [0.15, 0.2) is 5.82 Å². The molecule has 0 radical (unpaired) electrons. The number of nitrogens with one attached hydrogen (secondary N) is 6. The van der Waals surface area contributed by atoms with Gasteiger partial charge in [-0.2, -0.15) is 10.2 Å². The van der Waals surface area contributed by atoms with Crippen LogP contribution in [-0.2, 0) is 16.0 Å². The van der Waals surface area contributed by atoms with Crippen molar-refractivity contribution in [3.05, 3.63) is 32.6 Å². The molecule has 2 unspecified atom stereocenters. The Morgan fingerprint density at radius 1 is 0.966 bits per heavy atom. The highest BCUT2D eigenvalue weighted by Crippen LogP contribution is 2.04. The number of rotatable bonds is 8. The van der Waals surface area contributed by atoms with Gasteiger partial charge in [0.2, 0.25) is 11.8 Å². The molecule has 0 aliphatic carbocycles. The first-order chi connectivity index (χ1) is 13.6. The first kappa shape index (κ1) is 23.9. The SMILES string of the molecule is CC(C)C(=O)NC(C)c1n[nH]c(=O)[nH]1.CCC(C)C(=O)NCCc1n[nH]c(=O)[nH]1. The van der Waals surface area contributed by atoms with E-state index in [2.05, 4.69) is 41.0 Å². The molecule has 0 fully saturated rings. The van der Waals surface area contributed by atoms with E-state index in [-0.39, 0.29) is 41.1 Å². The fourth-order valence-corrected chi connectivity index (χ4v) is 2.02. The van der Waals surface area contributed by atoms with Crippen LogP contribution in [0.25, 0.3) is 0 Å². The lowest BCUT2D eigenvalue weighted by molar-refractivity contribution is -0.125. The molecule has 2 heterocycles. The molecule has 2 aromatic heterocycles. The highest BCUT2D eigenvalue weighted by atomic mass is 16.2. The summed E-state index contributed by atoms with van der Waals surface area (Å²) in [5.74, 6) is 0.913. The van der Waals surface area contributed by atoms with Gasteiger partial charge in [-0.25, -0.2) is 19.8 Å². The van der Waals surface area contributed by atoms with Crippen LogP contribution in [0, 0.1) is 11.8 Å². The van der Waals surface area contributed by atoms with Crippen molar-refractivity contribution in [2.24, 2.45) is 11.8 Å². The zero-order valence-corrected chi connectivity index (χ0v) is 17.4. The van der Waals surface area contributed by atoms with Gasteiger partial charge in [-0.1, -0.05) is 27.7 Å². The van der Waals surface area contributed by atoms with Crippen LogP contribution in [-0.4, -0.2) is 48.7 Å². The zero-order chi connectivity index (χ0) is 22.0. The summed E-state index contributed by atoms with van der Waals surface area (Å²) in [4.78, 5) is 49.1. The Bertz CT molecular complexity index is 878. The highest BCUT2D eigenvalue weighted by Gasteiger charge is 2.14. The summed E-state index contributed by atoms with van der Waals surface area (Å²) in [5.41, 5.74) is -0.691. The average Bonchev–Trinajstić information content (AvgIpc) is 3.29. The third-order valence-corrected chi connectivity index (χ3v) is 4.08. The quantitative estimate of drug-likeness (QED) is 0.348. The lowest BCUT2D eigenvalue weighted by atomic mass is 10.1. The third-order valence-electron chi connectivity index (χ3n) is 4.08. The molecule has 0 spiro atoms. The minimum atomic E-state index is -0.370. The second-order valence-corrected chi connectivity index (χ2v) is 6.92. The fraction of sp³-hybridized carbons (Fsp3) is 0.647. The third kappa shape index (κ3) is 8.58. The topological polar surface area (TPSA) is 181 Å². The van der Waals surface area contributed by atoms with Gasteiger partial charge in [0.05, 0.1) is 6.04 Å². The molecule has 0 aliphatic rings. The molecule has 2 aromatic rings. The Morgan fingerprint density at radius 2 is 1.59 bits per heavy atom. The van der Waals surface area contributed by atoms with E-state index >= 15 is 0 Å². The molecule has 29 heavy (non-hydrogen) atoms. The van der Waals surface area contributed by atoms with Crippen LogP contribution in [0.2, 0.25) is 0 Å². The molecular formula is C17H30N8O4. The van der Waals surface area contributed by atoms with Crippen molar-refractivity contribution in [3.63, 3.8) is 0 Å². The van der Waals surface area contributed by atoms with Gasteiger partial charge in [0.25, 0.3) is 0 Å². The first-order valence-corrected chi connectivity index (χ1v) is 9.50. The van der Waals surface area contributed by atoms with Gasteiger partial charge in [-0.3, -0.25) is 19.6 Å². The van der Waals surface area contributed by atoms with Crippen LogP contribution >= 0.6 is 0 Å². The van der Waals surface area contributed by atoms with Gasteiger partial charge in [-0.05, 0) is 13.3 Å².